The summed E-state index contributed by atoms with van der Waals surface area (Å²) in [6.07, 6.45) is 11.1. The minimum Gasteiger partial charge on any atom is -0.324 e. The highest BCUT2D eigenvalue weighted by Gasteiger charge is 2.24. The second kappa shape index (κ2) is 11.1. The van der Waals surface area contributed by atoms with Crippen molar-refractivity contribution in [3.8, 4) is 0 Å². The summed E-state index contributed by atoms with van der Waals surface area (Å²) in [5.41, 5.74) is 0. The Morgan fingerprint density at radius 1 is 0.471 bits per heavy atom. The first kappa shape index (κ1) is 17.0. The van der Waals surface area contributed by atoms with Gasteiger partial charge in [-0.3, -0.25) is 0 Å². The molecule has 0 aromatic carbocycles. The molecule has 0 atom stereocenters. The molecule has 0 aromatic heterocycles. The monoisotopic (exact) mass is 242 g/mol. The van der Waals surface area contributed by atoms with Crippen LogP contribution in [0.25, 0.3) is 0 Å². The molecule has 0 aliphatic rings. The van der Waals surface area contributed by atoms with Crippen molar-refractivity contribution in [2.75, 3.05) is 26.2 Å². The van der Waals surface area contributed by atoms with Gasteiger partial charge >= 0.3 is 0 Å². The summed E-state index contributed by atoms with van der Waals surface area (Å²) in [6.45, 7) is 15.0. The largest absolute Gasteiger partial charge is 0.324 e. The Kier molecular flexibility index (Phi) is 11.0. The van der Waals surface area contributed by atoms with Gasteiger partial charge in [-0.25, -0.2) is 0 Å². The zero-order valence-electron chi connectivity index (χ0n) is 12.9. The average Bonchev–Trinajstić information content (AvgIpc) is 2.30. The van der Waals surface area contributed by atoms with E-state index in [1.165, 1.54) is 82.0 Å². The second-order valence-corrected chi connectivity index (χ2v) is 5.65. The van der Waals surface area contributed by atoms with Gasteiger partial charge < -0.3 is 4.48 Å². The van der Waals surface area contributed by atoms with Gasteiger partial charge in [0.15, 0.2) is 0 Å². The van der Waals surface area contributed by atoms with Crippen LogP contribution in [0.5, 0.6) is 0 Å². The third-order valence-corrected chi connectivity index (χ3v) is 3.87. The summed E-state index contributed by atoms with van der Waals surface area (Å²) >= 11 is 0. The summed E-state index contributed by atoms with van der Waals surface area (Å²) in [7, 11) is 0. The predicted octanol–water partition coefficient (Wildman–Crippen LogP) is 5.00. The molecule has 1 heteroatoms. The Balaban J connectivity index is 4.25. The molecule has 0 N–H and O–H groups in total. The highest BCUT2D eigenvalue weighted by molar-refractivity contribution is 4.48. The number of quaternary nitrogens is 1. The lowest BCUT2D eigenvalue weighted by molar-refractivity contribution is -0.928. The molecule has 0 bridgehead atoms. The van der Waals surface area contributed by atoms with Crippen LogP contribution in [0.1, 0.15) is 79.1 Å². The zero-order valence-corrected chi connectivity index (χ0v) is 12.9. The summed E-state index contributed by atoms with van der Waals surface area (Å²) in [6, 6.07) is 0. The molecule has 0 heterocycles. The average molecular weight is 242 g/mol. The van der Waals surface area contributed by atoms with E-state index in [0.717, 1.165) is 0 Å². The van der Waals surface area contributed by atoms with Crippen molar-refractivity contribution in [3.63, 3.8) is 0 Å². The Hall–Kier alpha value is -0.0400. The van der Waals surface area contributed by atoms with Gasteiger partial charge in [-0.15, -0.1) is 0 Å². The summed E-state index contributed by atoms with van der Waals surface area (Å²) < 4.78 is 1.41. The van der Waals surface area contributed by atoms with Crippen molar-refractivity contribution in [1.29, 1.82) is 0 Å². The van der Waals surface area contributed by atoms with Crippen molar-refractivity contribution in [2.24, 2.45) is 0 Å². The van der Waals surface area contributed by atoms with Crippen molar-refractivity contribution in [2.45, 2.75) is 79.1 Å². The summed E-state index contributed by atoms with van der Waals surface area (Å²) in [4.78, 5) is 0. The number of hydrogen-bond acceptors (Lipinski definition) is 0. The number of rotatable bonds is 12. The Labute approximate surface area is 110 Å². The molecule has 0 saturated carbocycles. The van der Waals surface area contributed by atoms with Crippen LogP contribution in [0, 0.1) is 0 Å². The van der Waals surface area contributed by atoms with Gasteiger partial charge in [0, 0.05) is 0 Å². The van der Waals surface area contributed by atoms with Crippen LogP contribution < -0.4 is 0 Å². The Morgan fingerprint density at radius 3 is 1.18 bits per heavy atom. The van der Waals surface area contributed by atoms with Crippen molar-refractivity contribution < 1.29 is 4.48 Å². The highest BCUT2D eigenvalue weighted by atomic mass is 15.3. The maximum Gasteiger partial charge on any atom is 0.0786 e. The molecule has 0 aliphatic heterocycles. The summed E-state index contributed by atoms with van der Waals surface area (Å²) in [5.74, 6) is 0. The van der Waals surface area contributed by atoms with E-state index < -0.39 is 0 Å². The fourth-order valence-electron chi connectivity index (χ4n) is 3.01. The quantitative estimate of drug-likeness (QED) is 0.333. The van der Waals surface area contributed by atoms with Gasteiger partial charge in [0.1, 0.15) is 0 Å². The smallest absolute Gasteiger partial charge is 0.0786 e. The first-order valence-corrected chi connectivity index (χ1v) is 8.09. The van der Waals surface area contributed by atoms with Crippen LogP contribution in [-0.2, 0) is 0 Å². The normalized spacial score (nSPS) is 12.0. The van der Waals surface area contributed by atoms with E-state index in [4.69, 9.17) is 0 Å². The van der Waals surface area contributed by atoms with Crippen LogP contribution >= 0.6 is 0 Å². The molecule has 104 valence electrons. The van der Waals surface area contributed by atoms with Crippen LogP contribution in [0.4, 0.5) is 0 Å². The lowest BCUT2D eigenvalue weighted by atomic mass is 10.1. The van der Waals surface area contributed by atoms with Gasteiger partial charge in [-0.05, 0) is 38.5 Å². The molecule has 17 heavy (non-hydrogen) atoms. The van der Waals surface area contributed by atoms with E-state index in [9.17, 15) is 0 Å². The van der Waals surface area contributed by atoms with Crippen LogP contribution in [-0.4, -0.2) is 30.7 Å². The molecule has 0 aliphatic carbocycles. The SMILES string of the molecule is CCCCC[N+](CCC)(CCC)CCCCC. The molecule has 0 amide bonds. The van der Waals surface area contributed by atoms with Crippen LogP contribution in [0.3, 0.4) is 0 Å². The minimum atomic E-state index is 1.35. The maximum absolute atomic E-state index is 2.35. The van der Waals surface area contributed by atoms with Gasteiger partial charge in [-0.1, -0.05) is 40.5 Å². The highest BCUT2D eigenvalue weighted by Crippen LogP contribution is 2.15. The third-order valence-electron chi connectivity index (χ3n) is 3.87. The van der Waals surface area contributed by atoms with E-state index in [2.05, 4.69) is 27.7 Å². The molecule has 0 saturated heterocycles. The molecule has 1 nitrogen and oxygen atoms in total. The lowest BCUT2D eigenvalue weighted by Crippen LogP contribution is -2.50. The molecule has 0 radical (unpaired) electrons. The maximum atomic E-state index is 2.35. The number of unbranched alkanes of at least 4 members (excludes halogenated alkanes) is 4. The zero-order chi connectivity index (χ0) is 13.0. The fraction of sp³-hybridized carbons (Fsp3) is 1.00. The van der Waals surface area contributed by atoms with Gasteiger partial charge in [-0.2, -0.15) is 0 Å². The second-order valence-electron chi connectivity index (χ2n) is 5.65. The molecular formula is C16H36N+. The van der Waals surface area contributed by atoms with E-state index in [1.54, 1.807) is 0 Å². The van der Waals surface area contributed by atoms with Crippen molar-refractivity contribution >= 4 is 0 Å². The predicted molar refractivity (Wildman–Crippen MR) is 79.4 cm³/mol. The molecule has 0 fully saturated rings. The summed E-state index contributed by atoms with van der Waals surface area (Å²) in [5, 5.41) is 0. The number of nitrogens with zero attached hydrogens (tertiary/aromatic N) is 1. The van der Waals surface area contributed by atoms with Crippen LogP contribution in [0.15, 0.2) is 0 Å². The van der Waals surface area contributed by atoms with Crippen LogP contribution in [0.2, 0.25) is 0 Å². The molecule has 0 unspecified atom stereocenters. The molecule has 0 rings (SSSR count). The van der Waals surface area contributed by atoms with E-state index in [0.29, 0.717) is 0 Å². The lowest BCUT2D eigenvalue weighted by Gasteiger charge is -2.39. The number of hydrogen-bond donors (Lipinski definition) is 0. The fourth-order valence-corrected chi connectivity index (χ4v) is 3.01. The van der Waals surface area contributed by atoms with E-state index in [1.807, 2.05) is 0 Å². The standard InChI is InChI=1S/C16H36N/c1-5-9-11-15-17(13-7-3,14-8-4)16-12-10-6-2/h5-16H2,1-4H3/q+1. The third kappa shape index (κ3) is 7.81. The molecular weight excluding hydrogens is 206 g/mol. The van der Waals surface area contributed by atoms with Crippen molar-refractivity contribution in [3.05, 3.63) is 0 Å². The van der Waals surface area contributed by atoms with E-state index >= 15 is 0 Å². The minimum absolute atomic E-state index is 1.35. The Morgan fingerprint density at radius 2 is 0.882 bits per heavy atom. The molecule has 0 aromatic rings. The first-order chi connectivity index (χ1) is 8.24. The van der Waals surface area contributed by atoms with Gasteiger partial charge in [0.05, 0.1) is 26.2 Å². The van der Waals surface area contributed by atoms with E-state index in [-0.39, 0.29) is 0 Å². The molecule has 0 spiro atoms. The first-order valence-electron chi connectivity index (χ1n) is 8.09. The Bertz CT molecular complexity index is 136. The topological polar surface area (TPSA) is 0 Å². The van der Waals surface area contributed by atoms with Gasteiger partial charge in [0.25, 0.3) is 0 Å². The van der Waals surface area contributed by atoms with Crippen molar-refractivity contribution in [1.82, 2.24) is 0 Å². The van der Waals surface area contributed by atoms with Gasteiger partial charge in [0.2, 0.25) is 0 Å².